The predicted molar refractivity (Wildman–Crippen MR) is 113 cm³/mol. The topological polar surface area (TPSA) is 113 Å². The SMILES string of the molecule is CCC1(C(=O)c2ccc(Br)cc2)C(c2ccc([N+](=O)[O-])cc2)C1(C(=O)OC)C(=O)OC. The number of methoxy groups -OCH3 is 2. The van der Waals surface area contributed by atoms with Gasteiger partial charge in [0, 0.05) is 28.1 Å². The summed E-state index contributed by atoms with van der Waals surface area (Å²) in [6, 6.07) is 12.1. The Bertz CT molecular complexity index is 1030. The van der Waals surface area contributed by atoms with Crippen molar-refractivity contribution in [1.82, 2.24) is 0 Å². The van der Waals surface area contributed by atoms with E-state index in [1.54, 1.807) is 31.2 Å². The molecule has 1 fully saturated rings. The number of hydrogen-bond donors (Lipinski definition) is 0. The summed E-state index contributed by atoms with van der Waals surface area (Å²) in [6.07, 6.45) is 0.147. The average Bonchev–Trinajstić information content (AvgIpc) is 3.43. The number of nitro benzene ring substituents is 1. The van der Waals surface area contributed by atoms with E-state index in [1.165, 1.54) is 24.3 Å². The predicted octanol–water partition coefficient (Wildman–Crippen LogP) is 4.07. The molecule has 0 radical (unpaired) electrons. The van der Waals surface area contributed by atoms with Crippen LogP contribution in [0.1, 0.15) is 35.2 Å². The summed E-state index contributed by atoms with van der Waals surface area (Å²) >= 11 is 3.32. The molecule has 0 aliphatic heterocycles. The minimum absolute atomic E-state index is 0.146. The van der Waals surface area contributed by atoms with Crippen molar-refractivity contribution in [1.29, 1.82) is 0 Å². The number of hydrogen-bond acceptors (Lipinski definition) is 7. The molecule has 2 atom stereocenters. The molecule has 0 saturated heterocycles. The maximum atomic E-state index is 13.7. The zero-order valence-electron chi connectivity index (χ0n) is 17.1. The summed E-state index contributed by atoms with van der Waals surface area (Å²) in [5.74, 6) is -3.06. The number of benzene rings is 2. The van der Waals surface area contributed by atoms with Crippen LogP contribution in [0.5, 0.6) is 0 Å². The van der Waals surface area contributed by atoms with Crippen molar-refractivity contribution in [2.24, 2.45) is 10.8 Å². The fourth-order valence-corrected chi connectivity index (χ4v) is 4.94. The van der Waals surface area contributed by atoms with Crippen LogP contribution in [0.25, 0.3) is 0 Å². The summed E-state index contributed by atoms with van der Waals surface area (Å²) in [4.78, 5) is 50.3. The normalized spacial score (nSPS) is 21.1. The van der Waals surface area contributed by atoms with Crippen molar-refractivity contribution in [3.8, 4) is 0 Å². The van der Waals surface area contributed by atoms with Gasteiger partial charge in [-0.25, -0.2) is 0 Å². The molecule has 8 nitrogen and oxygen atoms in total. The molecule has 2 aromatic carbocycles. The van der Waals surface area contributed by atoms with Gasteiger partial charge >= 0.3 is 11.9 Å². The highest BCUT2D eigenvalue weighted by atomic mass is 79.9. The van der Waals surface area contributed by atoms with Crippen molar-refractivity contribution in [2.45, 2.75) is 19.3 Å². The molecule has 0 heterocycles. The number of nitro groups is 1. The van der Waals surface area contributed by atoms with Gasteiger partial charge in [-0.3, -0.25) is 24.5 Å². The third-order valence-corrected chi connectivity index (χ3v) is 6.60. The Kier molecular flexibility index (Phi) is 6.00. The molecule has 0 aromatic heterocycles. The number of carbonyl (C=O) groups is 3. The number of ether oxygens (including phenoxy) is 2. The Balaban J connectivity index is 2.24. The monoisotopic (exact) mass is 489 g/mol. The highest BCUT2D eigenvalue weighted by Gasteiger charge is 2.88. The van der Waals surface area contributed by atoms with Crippen LogP contribution in [0, 0.1) is 20.9 Å². The van der Waals surface area contributed by atoms with Crippen molar-refractivity contribution in [3.05, 3.63) is 74.2 Å². The van der Waals surface area contributed by atoms with Crippen LogP contribution in [-0.4, -0.2) is 36.9 Å². The van der Waals surface area contributed by atoms with Crippen LogP contribution in [0.2, 0.25) is 0 Å². The molecule has 162 valence electrons. The van der Waals surface area contributed by atoms with Gasteiger partial charge < -0.3 is 9.47 Å². The minimum Gasteiger partial charge on any atom is -0.468 e. The minimum atomic E-state index is -1.90. The average molecular weight is 490 g/mol. The van der Waals surface area contributed by atoms with Crippen molar-refractivity contribution in [3.63, 3.8) is 0 Å². The fourth-order valence-electron chi connectivity index (χ4n) is 4.68. The van der Waals surface area contributed by atoms with Crippen molar-refractivity contribution in [2.75, 3.05) is 14.2 Å². The zero-order chi connectivity index (χ0) is 23.0. The molecule has 0 bridgehead atoms. The molecule has 3 rings (SSSR count). The highest BCUT2D eigenvalue weighted by Crippen LogP contribution is 2.77. The molecule has 2 aromatic rings. The highest BCUT2D eigenvalue weighted by molar-refractivity contribution is 9.10. The number of rotatable bonds is 7. The Hall–Kier alpha value is -3.07. The van der Waals surface area contributed by atoms with Crippen LogP contribution in [-0.2, 0) is 19.1 Å². The molecule has 0 amide bonds. The molecule has 1 aliphatic carbocycles. The van der Waals surface area contributed by atoms with Gasteiger partial charge in [-0.05, 0) is 24.1 Å². The van der Waals surface area contributed by atoms with Crippen LogP contribution in [0.3, 0.4) is 0 Å². The van der Waals surface area contributed by atoms with E-state index in [0.29, 0.717) is 11.1 Å². The first-order chi connectivity index (χ1) is 14.7. The summed E-state index contributed by atoms with van der Waals surface area (Å²) < 4.78 is 10.7. The summed E-state index contributed by atoms with van der Waals surface area (Å²) in [5.41, 5.74) is -2.74. The van der Waals surface area contributed by atoms with Crippen LogP contribution in [0.4, 0.5) is 5.69 Å². The number of non-ortho nitro benzene ring substituents is 1. The van der Waals surface area contributed by atoms with E-state index in [1.807, 2.05) is 0 Å². The largest absolute Gasteiger partial charge is 0.468 e. The standard InChI is InChI=1S/C22H20BrNO7/c1-4-21(18(25)14-5-9-15(23)10-6-14)17(13-7-11-16(12-8-13)24(28)29)22(21,19(26)30-2)20(27)31-3/h5-12,17H,4H2,1-3H3. The van der Waals surface area contributed by atoms with E-state index >= 15 is 0 Å². The van der Waals surface area contributed by atoms with Gasteiger partial charge in [0.2, 0.25) is 0 Å². The Morgan fingerprint density at radius 3 is 1.94 bits per heavy atom. The van der Waals surface area contributed by atoms with Crippen molar-refractivity contribution >= 4 is 39.3 Å². The first-order valence-electron chi connectivity index (χ1n) is 9.43. The first-order valence-corrected chi connectivity index (χ1v) is 10.2. The van der Waals surface area contributed by atoms with Gasteiger partial charge in [0.15, 0.2) is 11.2 Å². The van der Waals surface area contributed by atoms with Gasteiger partial charge in [0.05, 0.1) is 24.6 Å². The van der Waals surface area contributed by atoms with Gasteiger partial charge in [-0.15, -0.1) is 0 Å². The molecule has 9 heteroatoms. The van der Waals surface area contributed by atoms with Gasteiger partial charge in [-0.1, -0.05) is 47.1 Å². The smallest absolute Gasteiger partial charge is 0.324 e. The van der Waals surface area contributed by atoms with E-state index in [4.69, 9.17) is 9.47 Å². The lowest BCUT2D eigenvalue weighted by molar-refractivity contribution is -0.384. The number of ketones is 1. The van der Waals surface area contributed by atoms with E-state index in [-0.39, 0.29) is 12.1 Å². The molecule has 1 saturated carbocycles. The quantitative estimate of drug-likeness (QED) is 0.189. The van der Waals surface area contributed by atoms with Gasteiger partial charge in [0.25, 0.3) is 5.69 Å². The van der Waals surface area contributed by atoms with E-state index < -0.39 is 39.4 Å². The summed E-state index contributed by atoms with van der Waals surface area (Å²) in [6.45, 7) is 1.71. The third-order valence-electron chi connectivity index (χ3n) is 6.07. The van der Waals surface area contributed by atoms with E-state index in [2.05, 4.69) is 15.9 Å². The van der Waals surface area contributed by atoms with Crippen molar-refractivity contribution < 1.29 is 28.8 Å². The number of nitrogens with zero attached hydrogens (tertiary/aromatic N) is 1. The molecule has 0 N–H and O–H groups in total. The second kappa shape index (κ2) is 8.22. The number of esters is 2. The lowest BCUT2D eigenvalue weighted by atomic mass is 9.83. The molecule has 0 spiro atoms. The summed E-state index contributed by atoms with van der Waals surface area (Å²) in [5, 5.41) is 11.0. The Labute approximate surface area is 186 Å². The molecular formula is C22H20BrNO7. The zero-order valence-corrected chi connectivity index (χ0v) is 18.7. The molecule has 1 aliphatic rings. The molecule has 31 heavy (non-hydrogen) atoms. The maximum absolute atomic E-state index is 13.7. The second-order valence-electron chi connectivity index (χ2n) is 7.23. The summed E-state index contributed by atoms with van der Waals surface area (Å²) in [7, 11) is 2.28. The maximum Gasteiger partial charge on any atom is 0.324 e. The molecular weight excluding hydrogens is 470 g/mol. The lowest BCUT2D eigenvalue weighted by Crippen LogP contribution is -2.37. The first kappa shape index (κ1) is 22.6. The molecule has 2 unspecified atom stereocenters. The van der Waals surface area contributed by atoms with Gasteiger partial charge in [0.1, 0.15) is 0 Å². The lowest BCUT2D eigenvalue weighted by Gasteiger charge is -2.20. The number of Topliss-reactive ketones (excluding diaryl/α,β-unsaturated/α-hetero) is 1. The second-order valence-corrected chi connectivity index (χ2v) is 8.15. The van der Waals surface area contributed by atoms with Crippen LogP contribution >= 0.6 is 15.9 Å². The van der Waals surface area contributed by atoms with E-state index in [0.717, 1.165) is 18.7 Å². The third kappa shape index (κ3) is 3.15. The van der Waals surface area contributed by atoms with E-state index in [9.17, 15) is 24.5 Å². The van der Waals surface area contributed by atoms with Crippen LogP contribution < -0.4 is 0 Å². The fraction of sp³-hybridized carbons (Fsp3) is 0.318. The number of halogens is 1. The number of carbonyl (C=O) groups excluding carboxylic acids is 3. The van der Waals surface area contributed by atoms with Crippen LogP contribution in [0.15, 0.2) is 53.0 Å². The Morgan fingerprint density at radius 2 is 1.52 bits per heavy atom. The Morgan fingerprint density at radius 1 is 1.00 bits per heavy atom. The van der Waals surface area contributed by atoms with Gasteiger partial charge in [-0.2, -0.15) is 0 Å².